The third-order valence-electron chi connectivity index (χ3n) is 2.06. The summed E-state index contributed by atoms with van der Waals surface area (Å²) < 4.78 is 8.17. The van der Waals surface area contributed by atoms with Crippen molar-refractivity contribution in [2.24, 2.45) is 0 Å². The van der Waals surface area contributed by atoms with Crippen LogP contribution in [0.4, 0.5) is 0 Å². The lowest BCUT2D eigenvalue weighted by Gasteiger charge is -2.23. The molecule has 0 aromatic carbocycles. The number of halogens is 1. The Balaban J connectivity index is 2.13. The predicted molar refractivity (Wildman–Crippen MR) is 46.8 cm³/mol. The molecule has 1 saturated heterocycles. The van der Waals surface area contributed by atoms with Crippen molar-refractivity contribution in [1.29, 1.82) is 0 Å². The van der Waals surface area contributed by atoms with E-state index in [0.29, 0.717) is 6.04 Å². The van der Waals surface area contributed by atoms with E-state index in [1.54, 1.807) is 6.33 Å². The molecule has 1 aliphatic heterocycles. The smallest absolute Gasteiger partial charge is 0.200 e. The zero-order valence-corrected chi connectivity index (χ0v) is 8.20. The topological polar surface area (TPSA) is 39.9 Å². The lowest BCUT2D eigenvalue weighted by Crippen LogP contribution is -2.20. The van der Waals surface area contributed by atoms with Crippen molar-refractivity contribution in [3.05, 3.63) is 11.1 Å². The maximum Gasteiger partial charge on any atom is 0.200 e. The summed E-state index contributed by atoms with van der Waals surface area (Å²) in [6.45, 7) is 1.66. The van der Waals surface area contributed by atoms with Crippen molar-refractivity contribution in [2.75, 3.05) is 13.2 Å². The summed E-state index contributed by atoms with van der Waals surface area (Å²) in [7, 11) is 0. The monoisotopic (exact) mass is 231 g/mol. The number of hydrogen-bond acceptors (Lipinski definition) is 3. The molecule has 1 aromatic heterocycles. The molecule has 1 fully saturated rings. The van der Waals surface area contributed by atoms with Crippen LogP contribution < -0.4 is 0 Å². The van der Waals surface area contributed by atoms with Crippen molar-refractivity contribution < 1.29 is 4.74 Å². The van der Waals surface area contributed by atoms with Gasteiger partial charge in [-0.2, -0.15) is 0 Å². The van der Waals surface area contributed by atoms with Crippen LogP contribution in [-0.2, 0) is 4.74 Å². The molecule has 2 rings (SSSR count). The fraction of sp³-hybridized carbons (Fsp3) is 0.714. The molecule has 0 aliphatic carbocycles. The van der Waals surface area contributed by atoms with Gasteiger partial charge in [0.15, 0.2) is 4.73 Å². The van der Waals surface area contributed by atoms with Crippen molar-refractivity contribution in [1.82, 2.24) is 14.8 Å². The fourth-order valence-corrected chi connectivity index (χ4v) is 1.89. The van der Waals surface area contributed by atoms with Crippen LogP contribution in [0.25, 0.3) is 0 Å². The second-order valence-electron chi connectivity index (χ2n) is 2.88. The maximum absolute atomic E-state index is 5.36. The summed E-state index contributed by atoms with van der Waals surface area (Å²) >= 11 is 3.34. The quantitative estimate of drug-likeness (QED) is 0.734. The van der Waals surface area contributed by atoms with E-state index in [1.807, 2.05) is 4.57 Å². The van der Waals surface area contributed by atoms with Crippen LogP contribution in [0.5, 0.6) is 0 Å². The largest absolute Gasteiger partial charge is 0.379 e. The van der Waals surface area contributed by atoms with Crippen molar-refractivity contribution in [3.8, 4) is 0 Å². The number of rotatable bonds is 1. The predicted octanol–water partition coefficient (Wildman–Crippen LogP) is 1.39. The molecule has 0 spiro atoms. The van der Waals surface area contributed by atoms with E-state index in [-0.39, 0.29) is 0 Å². The molecule has 0 bridgehead atoms. The molecule has 2 heterocycles. The van der Waals surface area contributed by atoms with Gasteiger partial charge in [0.05, 0.1) is 12.6 Å². The lowest BCUT2D eigenvalue weighted by molar-refractivity contribution is 0.0583. The molecule has 4 nitrogen and oxygen atoms in total. The third kappa shape index (κ3) is 1.51. The van der Waals surface area contributed by atoms with E-state index < -0.39 is 0 Å². The van der Waals surface area contributed by atoms with Crippen LogP contribution in [0.3, 0.4) is 0 Å². The number of ether oxygens (including phenoxy) is 1. The number of hydrogen-bond donors (Lipinski definition) is 0. The van der Waals surface area contributed by atoms with Crippen LogP contribution in [0, 0.1) is 0 Å². The lowest BCUT2D eigenvalue weighted by atomic mass is 10.1. The summed E-state index contributed by atoms with van der Waals surface area (Å²) in [5.74, 6) is 0. The van der Waals surface area contributed by atoms with Gasteiger partial charge in [0.1, 0.15) is 6.33 Å². The molecule has 12 heavy (non-hydrogen) atoms. The van der Waals surface area contributed by atoms with Gasteiger partial charge in [-0.3, -0.25) is 0 Å². The van der Waals surface area contributed by atoms with E-state index in [2.05, 4.69) is 26.1 Å². The van der Waals surface area contributed by atoms with Crippen LogP contribution in [0.15, 0.2) is 11.1 Å². The van der Waals surface area contributed by atoms with Crippen LogP contribution in [-0.4, -0.2) is 28.0 Å². The third-order valence-corrected chi connectivity index (χ3v) is 2.63. The van der Waals surface area contributed by atoms with Gasteiger partial charge in [0, 0.05) is 6.61 Å². The highest BCUT2D eigenvalue weighted by Gasteiger charge is 2.17. The van der Waals surface area contributed by atoms with Crippen LogP contribution in [0.1, 0.15) is 18.9 Å². The first-order valence-electron chi connectivity index (χ1n) is 4.00. The van der Waals surface area contributed by atoms with Crippen LogP contribution >= 0.6 is 15.9 Å². The first kappa shape index (κ1) is 8.19. The van der Waals surface area contributed by atoms with Crippen molar-refractivity contribution in [2.45, 2.75) is 18.9 Å². The molecule has 0 saturated carbocycles. The van der Waals surface area contributed by atoms with Gasteiger partial charge < -0.3 is 9.30 Å². The summed E-state index contributed by atoms with van der Waals surface area (Å²) in [5, 5.41) is 7.67. The highest BCUT2D eigenvalue weighted by Crippen LogP contribution is 2.21. The summed E-state index contributed by atoms with van der Waals surface area (Å²) in [6.07, 6.45) is 4.01. The Hall–Kier alpha value is -0.420. The standard InChI is InChI=1S/C7H10BrN3O/c8-7-10-9-5-11(7)6-2-1-3-12-4-6/h5-6H,1-4H2. The van der Waals surface area contributed by atoms with E-state index in [4.69, 9.17) is 4.74 Å². The van der Waals surface area contributed by atoms with E-state index in [9.17, 15) is 0 Å². The van der Waals surface area contributed by atoms with Gasteiger partial charge in [0.25, 0.3) is 0 Å². The Labute approximate surface area is 79.1 Å². The molecule has 1 unspecified atom stereocenters. The molecule has 0 amide bonds. The zero-order chi connectivity index (χ0) is 8.39. The van der Waals surface area contributed by atoms with Crippen LogP contribution in [0.2, 0.25) is 0 Å². The molecule has 0 radical (unpaired) electrons. The van der Waals surface area contributed by atoms with E-state index in [0.717, 1.165) is 30.8 Å². The maximum atomic E-state index is 5.36. The van der Waals surface area contributed by atoms with Gasteiger partial charge >= 0.3 is 0 Å². The normalized spacial score (nSPS) is 24.2. The van der Waals surface area contributed by atoms with Gasteiger partial charge in [-0.25, -0.2) is 0 Å². The molecule has 1 aliphatic rings. The number of aromatic nitrogens is 3. The summed E-state index contributed by atoms with van der Waals surface area (Å²) in [4.78, 5) is 0. The van der Waals surface area contributed by atoms with E-state index >= 15 is 0 Å². The minimum atomic E-state index is 0.406. The Bertz CT molecular complexity index is 257. The second-order valence-corrected chi connectivity index (χ2v) is 3.59. The van der Waals surface area contributed by atoms with Gasteiger partial charge in [-0.15, -0.1) is 10.2 Å². The van der Waals surface area contributed by atoms with Crippen molar-refractivity contribution >= 4 is 15.9 Å². The molecule has 1 aromatic rings. The SMILES string of the molecule is Brc1nncn1C1CCCOC1. The fourth-order valence-electron chi connectivity index (χ4n) is 1.42. The first-order chi connectivity index (χ1) is 5.88. The average Bonchev–Trinajstić information content (AvgIpc) is 2.53. The zero-order valence-electron chi connectivity index (χ0n) is 6.61. The van der Waals surface area contributed by atoms with Gasteiger partial charge in [-0.05, 0) is 28.8 Å². The van der Waals surface area contributed by atoms with Gasteiger partial charge in [-0.1, -0.05) is 0 Å². The molecule has 0 N–H and O–H groups in total. The minimum Gasteiger partial charge on any atom is -0.379 e. The van der Waals surface area contributed by atoms with E-state index in [1.165, 1.54) is 0 Å². The average molecular weight is 232 g/mol. The van der Waals surface area contributed by atoms with Gasteiger partial charge in [0.2, 0.25) is 0 Å². The Morgan fingerprint density at radius 1 is 1.67 bits per heavy atom. The summed E-state index contributed by atoms with van der Waals surface area (Å²) in [6, 6.07) is 0.406. The highest BCUT2D eigenvalue weighted by atomic mass is 79.9. The second kappa shape index (κ2) is 3.53. The highest BCUT2D eigenvalue weighted by molar-refractivity contribution is 9.10. The minimum absolute atomic E-state index is 0.406. The Morgan fingerprint density at radius 3 is 3.17 bits per heavy atom. The molecular formula is C7H10BrN3O. The summed E-state index contributed by atoms with van der Waals surface area (Å²) in [5.41, 5.74) is 0. The molecule has 5 heteroatoms. The molecule has 1 atom stereocenters. The first-order valence-corrected chi connectivity index (χ1v) is 4.80. The number of nitrogens with zero attached hydrogens (tertiary/aromatic N) is 3. The molecule has 66 valence electrons. The van der Waals surface area contributed by atoms with Crippen molar-refractivity contribution in [3.63, 3.8) is 0 Å². The Kier molecular flexibility index (Phi) is 2.41. The molecular weight excluding hydrogens is 222 g/mol. The Morgan fingerprint density at radius 2 is 2.58 bits per heavy atom.